The number of rotatable bonds is 4. The third-order valence-corrected chi connectivity index (χ3v) is 1.43. The molecule has 0 aliphatic heterocycles. The highest BCUT2D eigenvalue weighted by Crippen LogP contribution is 2.07. The van der Waals surface area contributed by atoms with Gasteiger partial charge >= 0.3 is 5.97 Å². The number of hydrogen-bond donors (Lipinski definition) is 0. The lowest BCUT2D eigenvalue weighted by Gasteiger charge is -2.03. The molecule has 0 unspecified atom stereocenters. The van der Waals surface area contributed by atoms with Gasteiger partial charge in [0.25, 0.3) is 0 Å². The molecule has 0 saturated carbocycles. The highest BCUT2D eigenvalue weighted by molar-refractivity contribution is 6.28. The number of hydrogen-bond acceptors (Lipinski definition) is 5. The molecule has 1 aromatic rings. The van der Waals surface area contributed by atoms with Crippen LogP contribution in [0.4, 0.5) is 0 Å². The number of carbonyl (C=O) groups excluding carboxylic acids is 1. The number of halogens is 1. The quantitative estimate of drug-likeness (QED) is 0.557. The van der Waals surface area contributed by atoms with Crippen molar-refractivity contribution < 1.29 is 14.3 Å². The Bertz CT molecular complexity index is 319. The van der Waals surface area contributed by atoms with Crippen molar-refractivity contribution in [2.75, 3.05) is 13.2 Å². The molecule has 0 aliphatic carbocycles. The number of ether oxygens (including phenoxy) is 2. The summed E-state index contributed by atoms with van der Waals surface area (Å²) in [4.78, 5) is 18.3. The minimum absolute atomic E-state index is 0.0753. The molecular weight excluding hydrogens is 208 g/mol. The largest absolute Gasteiger partial charge is 0.466 e. The highest BCUT2D eigenvalue weighted by atomic mass is 35.5. The van der Waals surface area contributed by atoms with Gasteiger partial charge < -0.3 is 9.47 Å². The van der Waals surface area contributed by atoms with E-state index in [1.54, 1.807) is 6.92 Å². The van der Waals surface area contributed by atoms with Crippen LogP contribution in [0.15, 0.2) is 12.3 Å². The molecule has 1 heterocycles. The third-order valence-electron chi connectivity index (χ3n) is 1.24. The van der Waals surface area contributed by atoms with Crippen molar-refractivity contribution in [3.8, 4) is 5.88 Å². The van der Waals surface area contributed by atoms with Crippen molar-refractivity contribution in [1.29, 1.82) is 0 Å². The number of esters is 1. The molecule has 0 saturated heterocycles. The monoisotopic (exact) mass is 216 g/mol. The Balaban J connectivity index is 2.41. The van der Waals surface area contributed by atoms with E-state index < -0.39 is 5.97 Å². The van der Waals surface area contributed by atoms with Crippen LogP contribution >= 0.6 is 11.6 Å². The van der Waals surface area contributed by atoms with Gasteiger partial charge in [-0.3, -0.25) is 0 Å². The summed E-state index contributed by atoms with van der Waals surface area (Å²) in [6, 6.07) is 1.51. The molecule has 1 rings (SSSR count). The average molecular weight is 217 g/mol. The van der Waals surface area contributed by atoms with E-state index in [4.69, 9.17) is 16.3 Å². The third kappa shape index (κ3) is 3.57. The molecule has 1 aromatic heterocycles. The van der Waals surface area contributed by atoms with Crippen LogP contribution in [-0.4, -0.2) is 29.2 Å². The number of aromatic nitrogens is 2. The van der Waals surface area contributed by atoms with Gasteiger partial charge in [0.05, 0.1) is 6.61 Å². The van der Waals surface area contributed by atoms with Crippen LogP contribution in [0.1, 0.15) is 6.92 Å². The van der Waals surface area contributed by atoms with E-state index in [-0.39, 0.29) is 17.8 Å². The van der Waals surface area contributed by atoms with Crippen molar-refractivity contribution in [2.24, 2.45) is 0 Å². The van der Waals surface area contributed by atoms with Crippen LogP contribution in [0.2, 0.25) is 5.28 Å². The fourth-order valence-corrected chi connectivity index (χ4v) is 0.875. The zero-order valence-electron chi connectivity index (χ0n) is 7.57. The predicted octanol–water partition coefficient (Wildman–Crippen LogP) is 1.07. The van der Waals surface area contributed by atoms with Crippen molar-refractivity contribution in [3.05, 3.63) is 17.5 Å². The van der Waals surface area contributed by atoms with E-state index >= 15 is 0 Å². The molecule has 5 nitrogen and oxygen atoms in total. The van der Waals surface area contributed by atoms with Gasteiger partial charge in [-0.2, -0.15) is 4.98 Å². The first kappa shape index (κ1) is 10.7. The van der Waals surface area contributed by atoms with Crippen molar-refractivity contribution in [2.45, 2.75) is 6.92 Å². The molecule has 0 aliphatic rings. The predicted molar refractivity (Wildman–Crippen MR) is 49.2 cm³/mol. The Morgan fingerprint density at radius 3 is 3.07 bits per heavy atom. The van der Waals surface area contributed by atoms with E-state index in [1.807, 2.05) is 0 Å². The standard InChI is InChI=1S/C8H9ClN2O3/c1-2-13-7(12)5-14-6-3-4-10-8(9)11-6/h3-4H,2,5H2,1H3. The van der Waals surface area contributed by atoms with Crippen molar-refractivity contribution in [3.63, 3.8) is 0 Å². The van der Waals surface area contributed by atoms with Gasteiger partial charge in [-0.25, -0.2) is 9.78 Å². The Kier molecular flexibility index (Phi) is 4.12. The summed E-state index contributed by atoms with van der Waals surface area (Å²) in [7, 11) is 0. The van der Waals surface area contributed by atoms with Crippen molar-refractivity contribution >= 4 is 17.6 Å². The van der Waals surface area contributed by atoms with Crippen LogP contribution in [-0.2, 0) is 9.53 Å². The summed E-state index contributed by atoms with van der Waals surface area (Å²) in [5, 5.41) is 0.0753. The minimum Gasteiger partial charge on any atom is -0.466 e. The average Bonchev–Trinajstić information content (AvgIpc) is 2.15. The highest BCUT2D eigenvalue weighted by Gasteiger charge is 2.03. The molecule has 0 atom stereocenters. The minimum atomic E-state index is -0.442. The summed E-state index contributed by atoms with van der Waals surface area (Å²) in [6.45, 7) is 1.87. The van der Waals surface area contributed by atoms with Gasteiger partial charge in [-0.05, 0) is 18.5 Å². The number of carbonyl (C=O) groups is 1. The second kappa shape index (κ2) is 5.39. The van der Waals surface area contributed by atoms with E-state index in [1.165, 1.54) is 12.3 Å². The molecule has 76 valence electrons. The Labute approximate surface area is 86.0 Å². The molecule has 0 aromatic carbocycles. The van der Waals surface area contributed by atoms with E-state index in [0.717, 1.165) is 0 Å². The smallest absolute Gasteiger partial charge is 0.344 e. The maximum atomic E-state index is 10.9. The molecule has 6 heteroatoms. The van der Waals surface area contributed by atoms with Gasteiger partial charge in [0, 0.05) is 12.3 Å². The summed E-state index contributed by atoms with van der Waals surface area (Å²) in [6.07, 6.45) is 1.44. The molecule has 0 N–H and O–H groups in total. The molecule has 0 spiro atoms. The van der Waals surface area contributed by atoms with Gasteiger partial charge in [0.2, 0.25) is 11.2 Å². The summed E-state index contributed by atoms with van der Waals surface area (Å²) in [5.74, 6) is -0.194. The van der Waals surface area contributed by atoms with E-state index in [0.29, 0.717) is 6.61 Å². The lowest BCUT2D eigenvalue weighted by Crippen LogP contribution is -2.15. The second-order valence-electron chi connectivity index (χ2n) is 2.26. The van der Waals surface area contributed by atoms with Crippen LogP contribution in [0.5, 0.6) is 5.88 Å². The topological polar surface area (TPSA) is 61.3 Å². The van der Waals surface area contributed by atoms with E-state index in [2.05, 4.69) is 14.7 Å². The summed E-state index contributed by atoms with van der Waals surface area (Å²) >= 11 is 5.50. The molecule has 0 fully saturated rings. The Morgan fingerprint density at radius 1 is 1.64 bits per heavy atom. The Morgan fingerprint density at radius 2 is 2.43 bits per heavy atom. The lowest BCUT2D eigenvalue weighted by molar-refractivity contribution is -0.145. The molecular formula is C8H9ClN2O3. The molecule has 0 amide bonds. The summed E-state index contributed by atoms with van der Waals surface area (Å²) in [5.41, 5.74) is 0. The van der Waals surface area contributed by atoms with Crippen LogP contribution < -0.4 is 4.74 Å². The normalized spacial score (nSPS) is 9.57. The van der Waals surface area contributed by atoms with Gasteiger partial charge in [-0.15, -0.1) is 0 Å². The van der Waals surface area contributed by atoms with Crippen LogP contribution in [0.3, 0.4) is 0 Å². The first-order valence-corrected chi connectivity index (χ1v) is 4.37. The zero-order chi connectivity index (χ0) is 10.4. The first-order valence-electron chi connectivity index (χ1n) is 3.99. The maximum Gasteiger partial charge on any atom is 0.344 e. The van der Waals surface area contributed by atoms with Gasteiger partial charge in [-0.1, -0.05) is 0 Å². The Hall–Kier alpha value is -1.36. The van der Waals surface area contributed by atoms with Crippen LogP contribution in [0.25, 0.3) is 0 Å². The SMILES string of the molecule is CCOC(=O)COc1ccnc(Cl)n1. The maximum absolute atomic E-state index is 10.9. The number of nitrogens with zero attached hydrogens (tertiary/aromatic N) is 2. The van der Waals surface area contributed by atoms with Crippen LogP contribution in [0, 0.1) is 0 Å². The molecule has 14 heavy (non-hydrogen) atoms. The lowest BCUT2D eigenvalue weighted by atomic mass is 10.6. The fraction of sp³-hybridized carbons (Fsp3) is 0.375. The fourth-order valence-electron chi connectivity index (χ4n) is 0.736. The van der Waals surface area contributed by atoms with Gasteiger partial charge in [0.1, 0.15) is 0 Å². The molecule has 0 radical (unpaired) electrons. The summed E-state index contributed by atoms with van der Waals surface area (Å²) < 4.78 is 9.64. The van der Waals surface area contributed by atoms with E-state index in [9.17, 15) is 4.79 Å². The van der Waals surface area contributed by atoms with Crippen molar-refractivity contribution in [1.82, 2.24) is 9.97 Å². The first-order chi connectivity index (χ1) is 6.72. The molecule has 0 bridgehead atoms. The second-order valence-corrected chi connectivity index (χ2v) is 2.60. The van der Waals surface area contributed by atoms with Gasteiger partial charge in [0.15, 0.2) is 6.61 Å². The zero-order valence-corrected chi connectivity index (χ0v) is 8.32.